The zero-order valence-corrected chi connectivity index (χ0v) is 6.93. The Bertz CT molecular complexity index is 170. The second-order valence-corrected chi connectivity index (χ2v) is 3.08. The summed E-state index contributed by atoms with van der Waals surface area (Å²) < 4.78 is 5.06. The minimum Gasteiger partial charge on any atom is -0.462 e. The molecule has 0 aromatic carbocycles. The second-order valence-electron chi connectivity index (χ2n) is 3.08. The Hall–Kier alpha value is -0.790. The molecule has 1 fully saturated rings. The van der Waals surface area contributed by atoms with E-state index in [0.29, 0.717) is 0 Å². The van der Waals surface area contributed by atoms with E-state index in [2.05, 4.69) is 6.58 Å². The lowest BCUT2D eigenvalue weighted by atomic mass is 9.94. The summed E-state index contributed by atoms with van der Waals surface area (Å²) in [5.74, 6) is -0.176. The third-order valence-electron chi connectivity index (χ3n) is 1.91. The summed E-state index contributed by atoms with van der Waals surface area (Å²) in [5, 5.41) is 0. The van der Waals surface area contributed by atoms with E-state index >= 15 is 0 Å². The van der Waals surface area contributed by atoms with Gasteiger partial charge in [-0.15, -0.1) is 0 Å². The van der Waals surface area contributed by atoms with Crippen LogP contribution < -0.4 is 0 Å². The maximum atomic E-state index is 10.6. The molecule has 0 radical (unpaired) electrons. The van der Waals surface area contributed by atoms with Gasteiger partial charge in [-0.2, -0.15) is 0 Å². The van der Waals surface area contributed by atoms with Crippen molar-refractivity contribution in [2.24, 2.45) is 0 Å². The second kappa shape index (κ2) is 3.56. The highest BCUT2D eigenvalue weighted by molar-refractivity contribution is 5.66. The molecule has 1 aliphatic rings. The van der Waals surface area contributed by atoms with Crippen molar-refractivity contribution >= 4 is 5.97 Å². The lowest BCUT2D eigenvalue weighted by Gasteiger charge is -2.22. The van der Waals surface area contributed by atoms with Gasteiger partial charge in [0.15, 0.2) is 0 Å². The first-order valence-corrected chi connectivity index (χ1v) is 4.02. The van der Waals surface area contributed by atoms with Crippen molar-refractivity contribution in [1.29, 1.82) is 0 Å². The quantitative estimate of drug-likeness (QED) is 0.427. The first-order valence-electron chi connectivity index (χ1n) is 4.02. The van der Waals surface area contributed by atoms with E-state index in [1.165, 1.54) is 12.5 Å². The van der Waals surface area contributed by atoms with Gasteiger partial charge in [0, 0.05) is 13.3 Å². The number of carbonyl (C=O) groups is 1. The van der Waals surface area contributed by atoms with Crippen LogP contribution in [0.15, 0.2) is 12.2 Å². The summed E-state index contributed by atoms with van der Waals surface area (Å²) in [7, 11) is 0. The summed E-state index contributed by atoms with van der Waals surface area (Å²) >= 11 is 0. The number of hydrogen-bond donors (Lipinski definition) is 0. The number of carbonyl (C=O) groups excluding carboxylic acids is 1. The smallest absolute Gasteiger partial charge is 0.302 e. The first-order chi connectivity index (χ1) is 5.18. The predicted molar refractivity (Wildman–Crippen MR) is 43.2 cm³/mol. The molecule has 1 rings (SSSR count). The number of ether oxygens (including phenoxy) is 1. The molecular weight excluding hydrogens is 140 g/mol. The zero-order valence-electron chi connectivity index (χ0n) is 6.93. The van der Waals surface area contributed by atoms with Crippen LogP contribution in [0.3, 0.4) is 0 Å². The molecule has 62 valence electrons. The lowest BCUT2D eigenvalue weighted by molar-refractivity contribution is -0.146. The van der Waals surface area contributed by atoms with Crippen LogP contribution in [-0.2, 0) is 9.53 Å². The monoisotopic (exact) mass is 154 g/mol. The normalized spacial score (nSPS) is 24.8. The molecule has 0 aromatic rings. The molecule has 0 aliphatic heterocycles. The van der Waals surface area contributed by atoms with Crippen LogP contribution >= 0.6 is 0 Å². The summed E-state index contributed by atoms with van der Waals surface area (Å²) in [5.41, 5.74) is 1.21. The summed E-state index contributed by atoms with van der Waals surface area (Å²) in [4.78, 5) is 10.6. The van der Waals surface area contributed by atoms with E-state index in [1.54, 1.807) is 0 Å². The van der Waals surface area contributed by atoms with Gasteiger partial charge in [-0.25, -0.2) is 0 Å². The molecule has 2 nitrogen and oxygen atoms in total. The fourth-order valence-electron chi connectivity index (χ4n) is 1.44. The standard InChI is InChI=1S/C9H14O2/c1-7-4-3-5-9(6-7)11-8(2)10/h9H,1,3-6H2,2H3. The molecule has 0 heterocycles. The Morgan fingerprint density at radius 2 is 2.45 bits per heavy atom. The van der Waals surface area contributed by atoms with Crippen molar-refractivity contribution in [3.8, 4) is 0 Å². The predicted octanol–water partition coefficient (Wildman–Crippen LogP) is 2.05. The highest BCUT2D eigenvalue weighted by atomic mass is 16.5. The third-order valence-corrected chi connectivity index (χ3v) is 1.91. The van der Waals surface area contributed by atoms with Crippen molar-refractivity contribution in [3.63, 3.8) is 0 Å². The molecule has 2 heteroatoms. The van der Waals surface area contributed by atoms with Gasteiger partial charge in [-0.1, -0.05) is 12.2 Å². The Balaban J connectivity index is 2.34. The topological polar surface area (TPSA) is 26.3 Å². The van der Waals surface area contributed by atoms with Gasteiger partial charge in [0.05, 0.1) is 0 Å². The molecular formula is C9H14O2. The highest BCUT2D eigenvalue weighted by Gasteiger charge is 2.17. The van der Waals surface area contributed by atoms with E-state index in [0.717, 1.165) is 25.7 Å². The lowest BCUT2D eigenvalue weighted by Crippen LogP contribution is -2.20. The van der Waals surface area contributed by atoms with Crippen LogP contribution in [-0.4, -0.2) is 12.1 Å². The van der Waals surface area contributed by atoms with Gasteiger partial charge in [0.25, 0.3) is 0 Å². The number of rotatable bonds is 1. The van der Waals surface area contributed by atoms with E-state index in [4.69, 9.17) is 4.74 Å². The van der Waals surface area contributed by atoms with Gasteiger partial charge >= 0.3 is 5.97 Å². The van der Waals surface area contributed by atoms with E-state index in [9.17, 15) is 4.79 Å². The zero-order chi connectivity index (χ0) is 8.27. The van der Waals surface area contributed by atoms with Gasteiger partial charge in [-0.3, -0.25) is 4.79 Å². The van der Waals surface area contributed by atoms with Gasteiger partial charge in [0.1, 0.15) is 6.10 Å². The maximum absolute atomic E-state index is 10.6. The van der Waals surface area contributed by atoms with Crippen LogP contribution in [0.1, 0.15) is 32.6 Å². The maximum Gasteiger partial charge on any atom is 0.302 e. The molecule has 1 unspecified atom stereocenters. The minimum atomic E-state index is -0.176. The van der Waals surface area contributed by atoms with Gasteiger partial charge in [-0.05, 0) is 19.3 Å². The third kappa shape index (κ3) is 2.74. The molecule has 1 aliphatic carbocycles. The van der Waals surface area contributed by atoms with Crippen LogP contribution in [0.2, 0.25) is 0 Å². The molecule has 1 saturated carbocycles. The Morgan fingerprint density at radius 3 is 3.00 bits per heavy atom. The Morgan fingerprint density at radius 1 is 1.73 bits per heavy atom. The van der Waals surface area contributed by atoms with Crippen LogP contribution in [0.5, 0.6) is 0 Å². The summed E-state index contributed by atoms with van der Waals surface area (Å²) in [6.07, 6.45) is 4.17. The van der Waals surface area contributed by atoms with Crippen molar-refractivity contribution in [2.45, 2.75) is 38.7 Å². The molecule has 1 atom stereocenters. The van der Waals surface area contributed by atoms with Crippen molar-refractivity contribution < 1.29 is 9.53 Å². The van der Waals surface area contributed by atoms with E-state index in [-0.39, 0.29) is 12.1 Å². The largest absolute Gasteiger partial charge is 0.462 e. The number of hydrogen-bond acceptors (Lipinski definition) is 2. The van der Waals surface area contributed by atoms with E-state index < -0.39 is 0 Å². The van der Waals surface area contributed by atoms with Crippen molar-refractivity contribution in [3.05, 3.63) is 12.2 Å². The van der Waals surface area contributed by atoms with Crippen LogP contribution in [0.25, 0.3) is 0 Å². The average molecular weight is 154 g/mol. The SMILES string of the molecule is C=C1CCCC(OC(C)=O)C1. The summed E-state index contributed by atoms with van der Waals surface area (Å²) in [6.45, 7) is 5.34. The van der Waals surface area contributed by atoms with Crippen molar-refractivity contribution in [2.75, 3.05) is 0 Å². The Kier molecular flexibility index (Phi) is 2.69. The van der Waals surface area contributed by atoms with Crippen LogP contribution in [0.4, 0.5) is 0 Å². The summed E-state index contributed by atoms with van der Waals surface area (Å²) in [6, 6.07) is 0. The van der Waals surface area contributed by atoms with Crippen LogP contribution in [0, 0.1) is 0 Å². The average Bonchev–Trinajstić information content (AvgIpc) is 1.85. The molecule has 0 aromatic heterocycles. The minimum absolute atomic E-state index is 0.105. The molecule has 0 saturated heterocycles. The van der Waals surface area contributed by atoms with E-state index in [1.807, 2.05) is 0 Å². The molecule has 0 N–H and O–H groups in total. The highest BCUT2D eigenvalue weighted by Crippen LogP contribution is 2.23. The molecule has 0 spiro atoms. The van der Waals surface area contributed by atoms with Gasteiger partial charge < -0.3 is 4.74 Å². The van der Waals surface area contributed by atoms with Gasteiger partial charge in [0.2, 0.25) is 0 Å². The fourth-order valence-corrected chi connectivity index (χ4v) is 1.44. The van der Waals surface area contributed by atoms with Crippen molar-refractivity contribution in [1.82, 2.24) is 0 Å². The molecule has 0 bridgehead atoms. The molecule has 0 amide bonds. The fraction of sp³-hybridized carbons (Fsp3) is 0.667. The Labute approximate surface area is 67.2 Å². The number of esters is 1. The first kappa shape index (κ1) is 8.31. The molecule has 11 heavy (non-hydrogen) atoms.